The number of hydrogen-bond donors (Lipinski definition) is 0. The molecule has 1 fully saturated rings. The topological polar surface area (TPSA) is 45.7 Å². The molecule has 1 aromatic heterocycles. The van der Waals surface area contributed by atoms with Crippen molar-refractivity contribution in [2.24, 2.45) is 0 Å². The lowest BCUT2D eigenvalue weighted by Crippen LogP contribution is -2.49. The van der Waals surface area contributed by atoms with Crippen LogP contribution < -0.4 is 9.64 Å². The molecular weight excluding hydrogens is 357 g/mol. The lowest BCUT2D eigenvalue weighted by atomic mass is 10.1. The van der Waals surface area contributed by atoms with Gasteiger partial charge >= 0.3 is 0 Å². The van der Waals surface area contributed by atoms with Gasteiger partial charge in [-0.3, -0.25) is 4.79 Å². The van der Waals surface area contributed by atoms with Crippen molar-refractivity contribution in [1.82, 2.24) is 9.88 Å². The van der Waals surface area contributed by atoms with Crippen LogP contribution in [0.25, 0.3) is 10.9 Å². The van der Waals surface area contributed by atoms with E-state index in [2.05, 4.69) is 22.0 Å². The molecule has 0 unspecified atom stereocenters. The number of nitrogens with zero attached hydrogens (tertiary/aromatic N) is 3. The number of piperazine rings is 1. The normalized spacial score (nSPS) is 14.4. The summed E-state index contributed by atoms with van der Waals surface area (Å²) in [5.41, 5.74) is 1.54. The Morgan fingerprint density at radius 1 is 1.07 bits per heavy atom. The van der Waals surface area contributed by atoms with E-state index in [1.165, 1.54) is 6.07 Å². The first-order valence-electron chi connectivity index (χ1n) is 9.48. The number of benzene rings is 2. The summed E-state index contributed by atoms with van der Waals surface area (Å²) in [5.74, 6) is -0.168. The lowest BCUT2D eigenvalue weighted by molar-refractivity contribution is 0.0741. The van der Waals surface area contributed by atoms with E-state index in [-0.39, 0.29) is 17.1 Å². The number of pyridine rings is 1. The van der Waals surface area contributed by atoms with E-state index in [0.717, 1.165) is 18.8 Å². The minimum absolute atomic E-state index is 0.166. The van der Waals surface area contributed by atoms with Crippen LogP contribution in [0.2, 0.25) is 0 Å². The highest BCUT2D eigenvalue weighted by Gasteiger charge is 2.24. The summed E-state index contributed by atoms with van der Waals surface area (Å²) in [6.07, 6.45) is 0. The van der Waals surface area contributed by atoms with E-state index in [0.29, 0.717) is 30.8 Å². The number of rotatable bonds is 4. The van der Waals surface area contributed by atoms with Crippen LogP contribution in [-0.4, -0.2) is 48.6 Å². The second-order valence-corrected chi connectivity index (χ2v) is 6.69. The molecule has 3 aromatic rings. The van der Waals surface area contributed by atoms with Gasteiger partial charge in [0.15, 0.2) is 0 Å². The Morgan fingerprint density at radius 2 is 1.82 bits per heavy atom. The van der Waals surface area contributed by atoms with Crippen molar-refractivity contribution in [2.75, 3.05) is 37.7 Å². The van der Waals surface area contributed by atoms with Crippen LogP contribution >= 0.6 is 0 Å². The first-order valence-corrected chi connectivity index (χ1v) is 9.48. The Morgan fingerprint density at radius 3 is 2.54 bits per heavy atom. The van der Waals surface area contributed by atoms with Crippen molar-refractivity contribution in [3.05, 3.63) is 66.1 Å². The molecule has 1 aliphatic rings. The molecule has 4 rings (SSSR count). The molecule has 1 aliphatic heterocycles. The quantitative estimate of drug-likeness (QED) is 0.693. The molecule has 0 N–H and O–H groups in total. The van der Waals surface area contributed by atoms with Gasteiger partial charge in [0.2, 0.25) is 0 Å². The van der Waals surface area contributed by atoms with Crippen LogP contribution in [0.4, 0.5) is 10.1 Å². The summed E-state index contributed by atoms with van der Waals surface area (Å²) in [6, 6.07) is 16.5. The van der Waals surface area contributed by atoms with Gasteiger partial charge in [0, 0.05) is 43.3 Å². The van der Waals surface area contributed by atoms with E-state index >= 15 is 0 Å². The van der Waals surface area contributed by atoms with Crippen molar-refractivity contribution in [1.29, 1.82) is 0 Å². The predicted octanol–water partition coefficient (Wildman–Crippen LogP) is 3.74. The van der Waals surface area contributed by atoms with Gasteiger partial charge in [-0.05, 0) is 31.2 Å². The third kappa shape index (κ3) is 3.50. The standard InChI is InChI=1S/C22H22FN3O2/c1-2-28-20-15-19(24-21-17(20)9-6-10-18(21)23)22(27)26-13-11-25(12-14-26)16-7-4-3-5-8-16/h3-10,15H,2,11-14H2,1H3. The van der Waals surface area contributed by atoms with Crippen molar-refractivity contribution >= 4 is 22.5 Å². The number of ether oxygens (including phenoxy) is 1. The lowest BCUT2D eigenvalue weighted by Gasteiger charge is -2.36. The molecule has 0 aliphatic carbocycles. The number of carbonyl (C=O) groups is 1. The third-order valence-electron chi connectivity index (χ3n) is 4.96. The zero-order chi connectivity index (χ0) is 19.5. The SMILES string of the molecule is CCOc1cc(C(=O)N2CCN(c3ccccc3)CC2)nc2c(F)cccc12. The summed E-state index contributed by atoms with van der Waals surface area (Å²) in [6.45, 7) is 4.96. The number of amides is 1. The van der Waals surface area contributed by atoms with Crippen LogP contribution in [0.3, 0.4) is 0 Å². The Balaban J connectivity index is 1.57. The highest BCUT2D eigenvalue weighted by atomic mass is 19.1. The highest BCUT2D eigenvalue weighted by Crippen LogP contribution is 2.28. The predicted molar refractivity (Wildman–Crippen MR) is 107 cm³/mol. The largest absolute Gasteiger partial charge is 0.493 e. The van der Waals surface area contributed by atoms with E-state index in [4.69, 9.17) is 4.74 Å². The molecule has 0 atom stereocenters. The molecule has 144 valence electrons. The number of para-hydroxylation sites is 2. The fourth-order valence-electron chi connectivity index (χ4n) is 3.54. The molecule has 1 amide bonds. The van der Waals surface area contributed by atoms with Crippen molar-refractivity contribution in [3.63, 3.8) is 0 Å². The number of halogens is 1. The van der Waals surface area contributed by atoms with Gasteiger partial charge in [-0.25, -0.2) is 9.37 Å². The van der Waals surface area contributed by atoms with Gasteiger partial charge in [0.1, 0.15) is 22.8 Å². The minimum Gasteiger partial charge on any atom is -0.493 e. The molecule has 0 bridgehead atoms. The molecular formula is C22H22FN3O2. The number of hydrogen-bond acceptors (Lipinski definition) is 4. The average molecular weight is 379 g/mol. The molecule has 0 spiro atoms. The van der Waals surface area contributed by atoms with Gasteiger partial charge in [0.25, 0.3) is 5.91 Å². The molecule has 0 radical (unpaired) electrons. The Labute approximate surface area is 163 Å². The third-order valence-corrected chi connectivity index (χ3v) is 4.96. The monoisotopic (exact) mass is 379 g/mol. The zero-order valence-electron chi connectivity index (χ0n) is 15.8. The van der Waals surface area contributed by atoms with Gasteiger partial charge in [0.05, 0.1) is 6.61 Å². The summed E-state index contributed by atoms with van der Waals surface area (Å²) in [5, 5.41) is 0.576. The molecule has 0 saturated carbocycles. The van der Waals surface area contributed by atoms with Crippen LogP contribution in [0.1, 0.15) is 17.4 Å². The average Bonchev–Trinajstić information content (AvgIpc) is 2.75. The highest BCUT2D eigenvalue weighted by molar-refractivity contribution is 5.97. The van der Waals surface area contributed by atoms with Crippen LogP contribution in [0.5, 0.6) is 5.75 Å². The maximum Gasteiger partial charge on any atom is 0.272 e. The van der Waals surface area contributed by atoms with Crippen LogP contribution in [0, 0.1) is 5.82 Å². The summed E-state index contributed by atoms with van der Waals surface area (Å²) < 4.78 is 19.9. The zero-order valence-corrected chi connectivity index (χ0v) is 15.8. The maximum atomic E-state index is 14.3. The molecule has 6 heteroatoms. The van der Waals surface area contributed by atoms with E-state index in [9.17, 15) is 9.18 Å². The summed E-state index contributed by atoms with van der Waals surface area (Å²) in [7, 11) is 0. The number of aromatic nitrogens is 1. The molecule has 1 saturated heterocycles. The summed E-state index contributed by atoms with van der Waals surface area (Å²) in [4.78, 5) is 21.4. The Hall–Kier alpha value is -3.15. The summed E-state index contributed by atoms with van der Waals surface area (Å²) >= 11 is 0. The molecule has 2 heterocycles. The molecule has 5 nitrogen and oxygen atoms in total. The number of anilines is 1. The van der Waals surface area contributed by atoms with Crippen molar-refractivity contribution < 1.29 is 13.9 Å². The fraction of sp³-hybridized carbons (Fsp3) is 0.273. The minimum atomic E-state index is -0.456. The van der Waals surface area contributed by atoms with Crippen molar-refractivity contribution in [3.8, 4) is 5.75 Å². The van der Waals surface area contributed by atoms with Gasteiger partial charge < -0.3 is 14.5 Å². The van der Waals surface area contributed by atoms with Crippen LogP contribution in [0.15, 0.2) is 54.6 Å². The smallest absolute Gasteiger partial charge is 0.272 e. The second kappa shape index (κ2) is 7.84. The van der Waals surface area contributed by atoms with Gasteiger partial charge in [-0.15, -0.1) is 0 Å². The van der Waals surface area contributed by atoms with E-state index in [1.807, 2.05) is 25.1 Å². The first-order chi connectivity index (χ1) is 13.7. The van der Waals surface area contributed by atoms with Gasteiger partial charge in [-0.2, -0.15) is 0 Å². The fourth-order valence-corrected chi connectivity index (χ4v) is 3.54. The maximum absolute atomic E-state index is 14.3. The van der Waals surface area contributed by atoms with Gasteiger partial charge in [-0.1, -0.05) is 24.3 Å². The van der Waals surface area contributed by atoms with E-state index < -0.39 is 5.82 Å². The molecule has 2 aromatic carbocycles. The first kappa shape index (κ1) is 18.2. The Bertz CT molecular complexity index is 986. The van der Waals surface area contributed by atoms with Crippen LogP contribution in [-0.2, 0) is 0 Å². The Kier molecular flexibility index (Phi) is 5.10. The number of fused-ring (bicyclic) bond motifs is 1. The van der Waals surface area contributed by atoms with E-state index in [1.54, 1.807) is 23.1 Å². The molecule has 28 heavy (non-hydrogen) atoms. The number of carbonyl (C=O) groups excluding carboxylic acids is 1. The second-order valence-electron chi connectivity index (χ2n) is 6.69. The van der Waals surface area contributed by atoms with Crippen molar-refractivity contribution in [2.45, 2.75) is 6.92 Å².